The van der Waals surface area contributed by atoms with E-state index in [2.05, 4.69) is 28.1 Å². The monoisotopic (exact) mass is 557 g/mol. The van der Waals surface area contributed by atoms with Crippen molar-refractivity contribution in [1.82, 2.24) is 24.5 Å². The van der Waals surface area contributed by atoms with Crippen LogP contribution in [0.5, 0.6) is 0 Å². The molecule has 0 N–H and O–H groups in total. The summed E-state index contributed by atoms with van der Waals surface area (Å²) in [5.74, 6) is -0.100. The van der Waals surface area contributed by atoms with Crippen molar-refractivity contribution in [2.45, 2.75) is 6.18 Å². The van der Waals surface area contributed by atoms with Crippen molar-refractivity contribution >= 4 is 17.5 Å². The van der Waals surface area contributed by atoms with E-state index in [9.17, 15) is 18.0 Å². The van der Waals surface area contributed by atoms with Crippen molar-refractivity contribution < 1.29 is 18.0 Å². The number of benzene rings is 2. The molecule has 0 aliphatic carbocycles. The number of alkyl halides is 3. The molecule has 1 aliphatic heterocycles. The average molecular weight is 558 g/mol. The van der Waals surface area contributed by atoms with Gasteiger partial charge in [-0.05, 0) is 30.3 Å². The lowest BCUT2D eigenvalue weighted by Gasteiger charge is -2.35. The van der Waals surface area contributed by atoms with Gasteiger partial charge in [-0.3, -0.25) is 14.6 Å². The Hall–Kier alpha value is -3.40. The minimum atomic E-state index is -4.62. The van der Waals surface area contributed by atoms with Crippen molar-refractivity contribution in [1.29, 1.82) is 0 Å². The Morgan fingerprint density at radius 3 is 2.23 bits per heavy atom. The Balaban J connectivity index is 1.44. The van der Waals surface area contributed by atoms with E-state index in [-0.39, 0.29) is 16.6 Å². The zero-order valence-corrected chi connectivity index (χ0v) is 22.3. The van der Waals surface area contributed by atoms with Gasteiger partial charge in [0.05, 0.1) is 16.4 Å². The molecule has 6 nitrogen and oxygen atoms in total. The Kier molecular flexibility index (Phi) is 9.27. The number of hydrogen-bond donors (Lipinski definition) is 0. The first kappa shape index (κ1) is 28.6. The van der Waals surface area contributed by atoms with Gasteiger partial charge < -0.3 is 4.90 Å². The summed E-state index contributed by atoms with van der Waals surface area (Å²) in [6.45, 7) is 13.8. The molecule has 206 valence electrons. The van der Waals surface area contributed by atoms with E-state index in [1.165, 1.54) is 4.68 Å². The van der Waals surface area contributed by atoms with Crippen LogP contribution in [0.2, 0.25) is 5.02 Å². The molecule has 1 aliphatic rings. The molecule has 0 atom stereocenters. The maximum absolute atomic E-state index is 13.5. The third-order valence-electron chi connectivity index (χ3n) is 6.67. The first-order chi connectivity index (χ1) is 18.7. The van der Waals surface area contributed by atoms with Crippen LogP contribution in [0, 0.1) is 0 Å². The highest BCUT2D eigenvalue weighted by Gasteiger charge is 2.35. The predicted molar refractivity (Wildman–Crippen MR) is 148 cm³/mol. The zero-order chi connectivity index (χ0) is 28.0. The summed E-state index contributed by atoms with van der Waals surface area (Å²) < 4.78 is 41.7. The minimum absolute atomic E-state index is 0.100. The van der Waals surface area contributed by atoms with Gasteiger partial charge in [0.25, 0.3) is 5.91 Å². The summed E-state index contributed by atoms with van der Waals surface area (Å²) >= 11 is 6.26. The number of aromatic nitrogens is 2. The number of carbonyl (C=O) groups is 1. The first-order valence-corrected chi connectivity index (χ1v) is 13.1. The summed E-state index contributed by atoms with van der Waals surface area (Å²) in [6, 6.07) is 14.1. The molecule has 0 unspecified atom stereocenters. The average Bonchev–Trinajstić information content (AvgIpc) is 3.38. The molecule has 3 aromatic rings. The second-order valence-corrected chi connectivity index (χ2v) is 9.73. The fraction of sp³-hybridized carbons (Fsp3) is 0.310. The molecule has 0 radical (unpaired) electrons. The van der Waals surface area contributed by atoms with Crippen molar-refractivity contribution in [2.75, 3.05) is 52.4 Å². The molecular formula is C29H31ClF3N5O. The van der Waals surface area contributed by atoms with Gasteiger partial charge >= 0.3 is 6.18 Å². The molecule has 0 saturated carbocycles. The van der Waals surface area contributed by atoms with Crippen molar-refractivity contribution in [3.63, 3.8) is 0 Å². The van der Waals surface area contributed by atoms with Crippen LogP contribution in [0.3, 0.4) is 0 Å². The molecular weight excluding hydrogens is 527 g/mol. The van der Waals surface area contributed by atoms with Crippen LogP contribution in [0.15, 0.2) is 79.9 Å². The molecule has 39 heavy (non-hydrogen) atoms. The third kappa shape index (κ3) is 6.98. The number of rotatable bonds is 10. The topological polar surface area (TPSA) is 44.6 Å². The maximum Gasteiger partial charge on any atom is 0.435 e. The van der Waals surface area contributed by atoms with E-state index in [0.29, 0.717) is 29.9 Å². The van der Waals surface area contributed by atoms with Gasteiger partial charge in [-0.25, -0.2) is 4.68 Å². The van der Waals surface area contributed by atoms with Crippen LogP contribution >= 0.6 is 11.6 Å². The largest absolute Gasteiger partial charge is 0.435 e. The normalized spacial score (nSPS) is 14.5. The van der Waals surface area contributed by atoms with Crippen molar-refractivity contribution in [3.05, 3.63) is 96.2 Å². The predicted octanol–water partition coefficient (Wildman–Crippen LogP) is 5.64. The van der Waals surface area contributed by atoms with Gasteiger partial charge in [-0.2, -0.15) is 18.3 Å². The van der Waals surface area contributed by atoms with E-state index < -0.39 is 11.9 Å². The first-order valence-electron chi connectivity index (χ1n) is 12.7. The molecule has 2 aromatic carbocycles. The number of halogens is 4. The molecule has 2 heterocycles. The number of piperazine rings is 1. The standard InChI is InChI=1S/C29H31ClF3N5O/c1-3-13-35(14-4-2)15-16-36-17-19-37(20-18-36)28(39)23-11-9-22(10-12-23)26-21-27(29(31,32)33)34-38(26)25-8-6-5-7-24(25)30/h3-12,21H,1-2,13-20H2. The van der Waals surface area contributed by atoms with Crippen LogP contribution in [-0.2, 0) is 6.18 Å². The highest BCUT2D eigenvalue weighted by molar-refractivity contribution is 6.32. The summed E-state index contributed by atoms with van der Waals surface area (Å²) in [7, 11) is 0. The van der Waals surface area contributed by atoms with Gasteiger partial charge in [0.1, 0.15) is 0 Å². The molecule has 4 rings (SSSR count). The molecule has 1 aromatic heterocycles. The van der Waals surface area contributed by atoms with Crippen LogP contribution in [-0.4, -0.2) is 82.7 Å². The Morgan fingerprint density at radius 2 is 1.64 bits per heavy atom. The number of hydrogen-bond acceptors (Lipinski definition) is 4. The summed E-state index contributed by atoms with van der Waals surface area (Å²) in [6.07, 6.45) is -0.856. The van der Waals surface area contributed by atoms with Crippen LogP contribution in [0.1, 0.15) is 16.1 Å². The second-order valence-electron chi connectivity index (χ2n) is 9.32. The smallest absolute Gasteiger partial charge is 0.336 e. The number of amides is 1. The van der Waals surface area contributed by atoms with E-state index in [0.717, 1.165) is 45.3 Å². The lowest BCUT2D eigenvalue weighted by atomic mass is 10.1. The molecule has 1 amide bonds. The molecule has 0 spiro atoms. The Labute approximate surface area is 231 Å². The lowest BCUT2D eigenvalue weighted by Crippen LogP contribution is -2.50. The highest BCUT2D eigenvalue weighted by Crippen LogP contribution is 2.34. The lowest BCUT2D eigenvalue weighted by molar-refractivity contribution is -0.141. The number of nitrogens with zero attached hydrogens (tertiary/aromatic N) is 5. The van der Waals surface area contributed by atoms with E-state index in [1.54, 1.807) is 48.5 Å². The minimum Gasteiger partial charge on any atom is -0.336 e. The Morgan fingerprint density at radius 1 is 1.00 bits per heavy atom. The van der Waals surface area contributed by atoms with Gasteiger partial charge in [0.2, 0.25) is 0 Å². The van der Waals surface area contributed by atoms with Crippen molar-refractivity contribution in [3.8, 4) is 16.9 Å². The van der Waals surface area contributed by atoms with E-state index in [1.807, 2.05) is 17.1 Å². The molecule has 0 bridgehead atoms. The fourth-order valence-electron chi connectivity index (χ4n) is 4.58. The summed E-state index contributed by atoms with van der Waals surface area (Å²) in [5, 5.41) is 4.06. The number of para-hydroxylation sites is 1. The summed E-state index contributed by atoms with van der Waals surface area (Å²) in [4.78, 5) is 19.6. The molecule has 1 fully saturated rings. The van der Waals surface area contributed by atoms with Crippen LogP contribution in [0.25, 0.3) is 16.9 Å². The SMILES string of the molecule is C=CCN(CC=C)CCN1CCN(C(=O)c2ccc(-c3cc(C(F)(F)F)nn3-c3ccccc3Cl)cc2)CC1. The number of carbonyl (C=O) groups excluding carboxylic acids is 1. The molecule has 10 heteroatoms. The maximum atomic E-state index is 13.5. The van der Waals surface area contributed by atoms with Crippen LogP contribution < -0.4 is 0 Å². The fourth-order valence-corrected chi connectivity index (χ4v) is 4.79. The second kappa shape index (κ2) is 12.6. The van der Waals surface area contributed by atoms with Gasteiger partial charge in [-0.1, -0.05) is 48.0 Å². The van der Waals surface area contributed by atoms with Gasteiger partial charge in [-0.15, -0.1) is 13.2 Å². The van der Waals surface area contributed by atoms with Gasteiger partial charge in [0.15, 0.2) is 5.69 Å². The molecule has 1 saturated heterocycles. The third-order valence-corrected chi connectivity index (χ3v) is 6.99. The van der Waals surface area contributed by atoms with Crippen LogP contribution in [0.4, 0.5) is 13.2 Å². The Bertz CT molecular complexity index is 1290. The highest BCUT2D eigenvalue weighted by atomic mass is 35.5. The van der Waals surface area contributed by atoms with E-state index in [4.69, 9.17) is 11.6 Å². The van der Waals surface area contributed by atoms with Gasteiger partial charge in [0, 0.05) is 63.5 Å². The van der Waals surface area contributed by atoms with E-state index >= 15 is 0 Å². The quantitative estimate of drug-likeness (QED) is 0.303. The zero-order valence-electron chi connectivity index (χ0n) is 21.6. The van der Waals surface area contributed by atoms with Crippen molar-refractivity contribution in [2.24, 2.45) is 0 Å². The summed E-state index contributed by atoms with van der Waals surface area (Å²) in [5.41, 5.74) is 0.510.